The van der Waals surface area contributed by atoms with Gasteiger partial charge in [0, 0.05) is 24.3 Å². The van der Waals surface area contributed by atoms with E-state index in [2.05, 4.69) is 10.0 Å². The van der Waals surface area contributed by atoms with Gasteiger partial charge in [-0.1, -0.05) is 12.1 Å². The van der Waals surface area contributed by atoms with E-state index in [1.807, 2.05) is 0 Å². The van der Waals surface area contributed by atoms with Crippen molar-refractivity contribution in [2.45, 2.75) is 25.4 Å². The Morgan fingerprint density at radius 3 is 2.25 bits per heavy atom. The Hall–Kier alpha value is -2.59. The molecule has 2 aromatic rings. The van der Waals surface area contributed by atoms with E-state index in [1.54, 1.807) is 24.3 Å². The molecule has 2 aromatic carbocycles. The highest BCUT2D eigenvalue weighted by atomic mass is 32.2. The average Bonchev–Trinajstić information content (AvgIpc) is 2.57. The first-order valence-corrected chi connectivity index (χ1v) is 10.1. The third kappa shape index (κ3) is 6.86. The maximum Gasteiger partial charge on any atom is 0.304 e. The normalized spacial score (nSPS) is 12.6. The number of aliphatic carboxylic acids is 1. The Labute approximate surface area is 160 Å². The molecular formula is C18H19F3N2O4S. The molecule has 10 heteroatoms. The second-order valence-electron chi connectivity index (χ2n) is 6.31. The lowest BCUT2D eigenvalue weighted by Gasteiger charge is -2.18. The smallest absolute Gasteiger partial charge is 0.304 e. The zero-order chi connectivity index (χ0) is 20.9. The molecule has 152 valence electrons. The fraction of sp³-hybridized carbons (Fsp3) is 0.278. The summed E-state index contributed by atoms with van der Waals surface area (Å²) in [5.74, 6) is -4.60. The molecule has 0 fully saturated rings. The summed E-state index contributed by atoms with van der Waals surface area (Å²) in [7, 11) is -3.40. The zero-order valence-corrected chi connectivity index (χ0v) is 15.7. The monoisotopic (exact) mass is 416 g/mol. The van der Waals surface area contributed by atoms with Gasteiger partial charge in [0.2, 0.25) is 10.0 Å². The van der Waals surface area contributed by atoms with Crippen molar-refractivity contribution in [1.29, 1.82) is 0 Å². The average molecular weight is 416 g/mol. The van der Waals surface area contributed by atoms with Crippen LogP contribution >= 0.6 is 0 Å². The second-order valence-corrected chi connectivity index (χ2v) is 8.06. The number of carboxylic acid groups (broad SMARTS) is 1. The van der Waals surface area contributed by atoms with E-state index in [-0.39, 0.29) is 24.9 Å². The molecule has 0 saturated heterocycles. The lowest BCUT2D eigenvalue weighted by atomic mass is 10.0. The quantitative estimate of drug-likeness (QED) is 0.547. The lowest BCUT2D eigenvalue weighted by Crippen LogP contribution is -2.33. The Bertz CT molecular complexity index is 950. The summed E-state index contributed by atoms with van der Waals surface area (Å²) in [5, 5.41) is 12.0. The number of carboxylic acids is 1. The fourth-order valence-corrected chi connectivity index (χ4v) is 3.14. The predicted octanol–water partition coefficient (Wildman–Crippen LogP) is 2.65. The molecule has 6 nitrogen and oxygen atoms in total. The number of benzene rings is 2. The van der Waals surface area contributed by atoms with E-state index in [9.17, 15) is 26.4 Å². The van der Waals surface area contributed by atoms with E-state index >= 15 is 0 Å². The topological polar surface area (TPSA) is 95.5 Å². The SMILES string of the molecule is CS(=O)(=O)Nc1ccc(CNC(CC(=O)O)Cc2cc(F)c(F)cc2F)cc1. The van der Waals surface area contributed by atoms with Crippen LogP contribution in [0, 0.1) is 17.5 Å². The van der Waals surface area contributed by atoms with Gasteiger partial charge < -0.3 is 10.4 Å². The van der Waals surface area contributed by atoms with Crippen LogP contribution in [0.3, 0.4) is 0 Å². The Morgan fingerprint density at radius 1 is 1.07 bits per heavy atom. The number of hydrogen-bond donors (Lipinski definition) is 3. The molecule has 0 spiro atoms. The highest BCUT2D eigenvalue weighted by Crippen LogP contribution is 2.17. The molecule has 0 aliphatic rings. The standard InChI is InChI=1S/C18H19F3N2O4S/c1-28(26,27)23-13-4-2-11(3-5-13)10-22-14(8-18(24)25)6-12-7-16(20)17(21)9-15(12)19/h2-5,7,9,14,22-23H,6,8,10H2,1H3,(H,24,25). The molecule has 0 aliphatic carbocycles. The summed E-state index contributed by atoms with van der Waals surface area (Å²) < 4.78 is 64.9. The highest BCUT2D eigenvalue weighted by Gasteiger charge is 2.18. The summed E-state index contributed by atoms with van der Waals surface area (Å²) in [6, 6.07) is 6.76. The summed E-state index contributed by atoms with van der Waals surface area (Å²) in [5.41, 5.74) is 0.961. The fourth-order valence-electron chi connectivity index (χ4n) is 2.58. The van der Waals surface area contributed by atoms with Gasteiger partial charge in [-0.25, -0.2) is 21.6 Å². The van der Waals surface area contributed by atoms with Gasteiger partial charge >= 0.3 is 5.97 Å². The van der Waals surface area contributed by atoms with Crippen LogP contribution in [0.4, 0.5) is 18.9 Å². The molecule has 0 bridgehead atoms. The number of hydrogen-bond acceptors (Lipinski definition) is 4. The van der Waals surface area contributed by atoms with E-state index in [0.717, 1.165) is 11.8 Å². The number of rotatable bonds is 9. The summed E-state index contributed by atoms with van der Waals surface area (Å²) in [4.78, 5) is 11.1. The molecular weight excluding hydrogens is 397 g/mol. The number of carbonyl (C=O) groups is 1. The van der Waals surface area contributed by atoms with Crippen molar-refractivity contribution in [2.24, 2.45) is 0 Å². The first-order valence-electron chi connectivity index (χ1n) is 8.19. The Kier molecular flexibility index (Phi) is 7.03. The molecule has 1 unspecified atom stereocenters. The predicted molar refractivity (Wildman–Crippen MR) is 97.8 cm³/mol. The van der Waals surface area contributed by atoms with Gasteiger partial charge in [-0.3, -0.25) is 9.52 Å². The van der Waals surface area contributed by atoms with Gasteiger partial charge in [-0.05, 0) is 35.7 Å². The molecule has 0 heterocycles. The zero-order valence-electron chi connectivity index (χ0n) is 14.9. The molecule has 1 atom stereocenters. The minimum absolute atomic E-state index is 0.134. The maximum absolute atomic E-state index is 13.8. The minimum Gasteiger partial charge on any atom is -0.481 e. The molecule has 2 rings (SSSR count). The molecule has 0 aliphatic heterocycles. The van der Waals surface area contributed by atoms with Crippen molar-refractivity contribution >= 4 is 21.7 Å². The van der Waals surface area contributed by atoms with Crippen LogP contribution in [0.5, 0.6) is 0 Å². The van der Waals surface area contributed by atoms with E-state index in [4.69, 9.17) is 5.11 Å². The van der Waals surface area contributed by atoms with Crippen LogP contribution in [-0.4, -0.2) is 31.8 Å². The second kappa shape index (κ2) is 9.07. The van der Waals surface area contributed by atoms with Gasteiger partial charge in [0.05, 0.1) is 12.7 Å². The third-order valence-corrected chi connectivity index (χ3v) is 4.44. The van der Waals surface area contributed by atoms with Crippen LogP contribution in [0.15, 0.2) is 36.4 Å². The van der Waals surface area contributed by atoms with Crippen molar-refractivity contribution < 1.29 is 31.5 Å². The van der Waals surface area contributed by atoms with Crippen molar-refractivity contribution in [3.63, 3.8) is 0 Å². The van der Waals surface area contributed by atoms with Crippen molar-refractivity contribution in [3.8, 4) is 0 Å². The van der Waals surface area contributed by atoms with Gasteiger partial charge in [-0.15, -0.1) is 0 Å². The lowest BCUT2D eigenvalue weighted by molar-refractivity contribution is -0.137. The van der Waals surface area contributed by atoms with Gasteiger partial charge in [0.15, 0.2) is 11.6 Å². The third-order valence-electron chi connectivity index (χ3n) is 3.83. The first-order chi connectivity index (χ1) is 13.0. The molecule has 28 heavy (non-hydrogen) atoms. The molecule has 0 amide bonds. The van der Waals surface area contributed by atoms with Crippen molar-refractivity contribution in [1.82, 2.24) is 5.32 Å². The van der Waals surface area contributed by atoms with E-state index < -0.39 is 39.5 Å². The summed E-state index contributed by atoms with van der Waals surface area (Å²) >= 11 is 0. The van der Waals surface area contributed by atoms with E-state index in [1.165, 1.54) is 0 Å². The Balaban J connectivity index is 2.06. The highest BCUT2D eigenvalue weighted by molar-refractivity contribution is 7.92. The van der Waals surface area contributed by atoms with Crippen molar-refractivity contribution in [2.75, 3.05) is 11.0 Å². The summed E-state index contributed by atoms with van der Waals surface area (Å²) in [6.07, 6.45) is 0.519. The maximum atomic E-state index is 13.8. The number of nitrogens with one attached hydrogen (secondary N) is 2. The van der Waals surface area contributed by atoms with Gasteiger partial charge in [0.25, 0.3) is 0 Å². The van der Waals surface area contributed by atoms with Crippen LogP contribution in [0.25, 0.3) is 0 Å². The molecule has 0 saturated carbocycles. The van der Waals surface area contributed by atoms with Crippen molar-refractivity contribution in [3.05, 3.63) is 65.0 Å². The first kappa shape index (κ1) is 21.7. The van der Waals surface area contributed by atoms with Crippen LogP contribution in [0.1, 0.15) is 17.5 Å². The molecule has 0 aromatic heterocycles. The van der Waals surface area contributed by atoms with Gasteiger partial charge in [-0.2, -0.15) is 0 Å². The number of anilines is 1. The Morgan fingerprint density at radius 2 is 1.68 bits per heavy atom. The largest absolute Gasteiger partial charge is 0.481 e. The summed E-state index contributed by atoms with van der Waals surface area (Å²) in [6.45, 7) is 0.211. The number of halogens is 3. The van der Waals surface area contributed by atoms with Gasteiger partial charge in [0.1, 0.15) is 5.82 Å². The van der Waals surface area contributed by atoms with Crippen LogP contribution in [0.2, 0.25) is 0 Å². The number of sulfonamides is 1. The molecule has 3 N–H and O–H groups in total. The minimum atomic E-state index is -3.40. The molecule has 0 radical (unpaired) electrons. The van der Waals surface area contributed by atoms with Crippen LogP contribution < -0.4 is 10.0 Å². The van der Waals surface area contributed by atoms with E-state index in [0.29, 0.717) is 17.8 Å². The van der Waals surface area contributed by atoms with Crippen LogP contribution in [-0.2, 0) is 27.8 Å².